The normalized spacial score (nSPS) is 31.4. The van der Waals surface area contributed by atoms with Gasteiger partial charge in [-0.25, -0.2) is 0 Å². The lowest BCUT2D eigenvalue weighted by Gasteiger charge is -2.28. The van der Waals surface area contributed by atoms with Crippen LogP contribution in [0.5, 0.6) is 0 Å². The summed E-state index contributed by atoms with van der Waals surface area (Å²) in [4.78, 5) is 7.13. The first-order chi connectivity index (χ1) is 8.70. The molecule has 0 amide bonds. The van der Waals surface area contributed by atoms with Gasteiger partial charge >= 0.3 is 0 Å². The molecule has 1 heterocycles. The van der Waals surface area contributed by atoms with Gasteiger partial charge in [-0.15, -0.1) is 0 Å². The molecule has 0 bridgehead atoms. The Hall–Kier alpha value is -0.220. The number of hydrogen-bond donors (Lipinski definition) is 1. The molecule has 0 aromatic heterocycles. The van der Waals surface area contributed by atoms with Crippen molar-refractivity contribution in [2.75, 3.05) is 25.9 Å². The summed E-state index contributed by atoms with van der Waals surface area (Å²) in [6, 6.07) is 1.38. The van der Waals surface area contributed by atoms with E-state index in [1.54, 1.807) is 0 Å². The van der Waals surface area contributed by atoms with E-state index in [0.717, 1.165) is 25.0 Å². The van der Waals surface area contributed by atoms with Gasteiger partial charge in [0.05, 0.1) is 6.54 Å². The maximum absolute atomic E-state index is 4.73. The number of fused-ring (bicyclic) bond motifs is 1. The zero-order valence-electron chi connectivity index (χ0n) is 12.0. The summed E-state index contributed by atoms with van der Waals surface area (Å²) < 4.78 is 0. The highest BCUT2D eigenvalue weighted by molar-refractivity contribution is 8.13. The van der Waals surface area contributed by atoms with Gasteiger partial charge in [-0.05, 0) is 39.2 Å². The van der Waals surface area contributed by atoms with E-state index in [4.69, 9.17) is 4.99 Å². The van der Waals surface area contributed by atoms with Gasteiger partial charge in [0.1, 0.15) is 0 Å². The van der Waals surface area contributed by atoms with Crippen LogP contribution in [0.4, 0.5) is 0 Å². The van der Waals surface area contributed by atoms with Crippen molar-refractivity contribution in [2.45, 2.75) is 51.6 Å². The van der Waals surface area contributed by atoms with E-state index >= 15 is 0 Å². The van der Waals surface area contributed by atoms with Gasteiger partial charge < -0.3 is 10.2 Å². The van der Waals surface area contributed by atoms with E-state index in [9.17, 15) is 0 Å². The monoisotopic (exact) mass is 269 g/mol. The average molecular weight is 269 g/mol. The lowest BCUT2D eigenvalue weighted by molar-refractivity contribution is 0.259. The van der Waals surface area contributed by atoms with E-state index in [2.05, 4.69) is 31.1 Å². The molecular formula is C14H27N3S. The van der Waals surface area contributed by atoms with E-state index in [1.807, 2.05) is 11.8 Å². The van der Waals surface area contributed by atoms with Crippen molar-refractivity contribution in [2.24, 2.45) is 10.9 Å². The molecule has 0 aromatic carbocycles. The van der Waals surface area contributed by atoms with Crippen LogP contribution in [0.1, 0.15) is 39.5 Å². The zero-order chi connectivity index (χ0) is 13.0. The van der Waals surface area contributed by atoms with E-state index in [-0.39, 0.29) is 0 Å². The molecule has 0 spiro atoms. The summed E-state index contributed by atoms with van der Waals surface area (Å²) in [5.41, 5.74) is 0. The summed E-state index contributed by atoms with van der Waals surface area (Å²) in [6.45, 7) is 6.51. The lowest BCUT2D eigenvalue weighted by Crippen LogP contribution is -2.42. The van der Waals surface area contributed by atoms with Crippen LogP contribution in [-0.4, -0.2) is 48.0 Å². The maximum Gasteiger partial charge on any atom is 0.156 e. The number of thioether (sulfide) groups is 1. The van der Waals surface area contributed by atoms with Crippen LogP contribution in [-0.2, 0) is 0 Å². The second kappa shape index (κ2) is 6.80. The van der Waals surface area contributed by atoms with E-state index in [0.29, 0.717) is 6.04 Å². The Morgan fingerprint density at radius 2 is 2.33 bits per heavy atom. The topological polar surface area (TPSA) is 27.6 Å². The minimum absolute atomic E-state index is 0.663. The van der Waals surface area contributed by atoms with Crippen molar-refractivity contribution >= 4 is 16.9 Å². The van der Waals surface area contributed by atoms with Gasteiger partial charge in [-0.3, -0.25) is 4.99 Å². The second-order valence-corrected chi connectivity index (χ2v) is 6.69. The highest BCUT2D eigenvalue weighted by Crippen LogP contribution is 2.32. The van der Waals surface area contributed by atoms with Gasteiger partial charge in [-0.2, -0.15) is 0 Å². The van der Waals surface area contributed by atoms with E-state index < -0.39 is 0 Å². The van der Waals surface area contributed by atoms with Crippen molar-refractivity contribution in [1.82, 2.24) is 10.2 Å². The van der Waals surface area contributed by atoms with Crippen LogP contribution < -0.4 is 5.32 Å². The minimum atomic E-state index is 0.663. The largest absolute Gasteiger partial charge is 0.362 e. The third-order valence-electron chi connectivity index (χ3n) is 4.45. The number of likely N-dealkylation sites (N-methyl/N-ethyl adjacent to an activating group) is 1. The highest BCUT2D eigenvalue weighted by Gasteiger charge is 2.31. The van der Waals surface area contributed by atoms with Crippen molar-refractivity contribution in [3.05, 3.63) is 0 Å². The molecule has 2 rings (SSSR count). The molecule has 0 aromatic rings. The molecule has 3 unspecified atom stereocenters. The van der Waals surface area contributed by atoms with Crippen LogP contribution in [0.15, 0.2) is 4.99 Å². The van der Waals surface area contributed by atoms with Crippen LogP contribution in [0, 0.1) is 5.92 Å². The standard InChI is InChI=1S/C14H27N3S/c1-4-11(2)17(3)9-8-15-14-16-13-7-5-6-12(13)10-18-14/h11-13H,4-10H2,1-3H3,(H,15,16). The summed E-state index contributed by atoms with van der Waals surface area (Å²) >= 11 is 1.93. The average Bonchev–Trinajstić information content (AvgIpc) is 2.85. The molecule has 4 heteroatoms. The molecule has 1 aliphatic heterocycles. The summed E-state index contributed by atoms with van der Waals surface area (Å²) in [7, 11) is 2.20. The third-order valence-corrected chi connectivity index (χ3v) is 5.57. The zero-order valence-corrected chi connectivity index (χ0v) is 12.8. The van der Waals surface area contributed by atoms with Crippen LogP contribution in [0.2, 0.25) is 0 Å². The summed E-state index contributed by atoms with van der Waals surface area (Å²) in [5, 5.41) is 4.82. The van der Waals surface area contributed by atoms with Gasteiger partial charge in [0.25, 0.3) is 0 Å². The van der Waals surface area contributed by atoms with Crippen molar-refractivity contribution < 1.29 is 0 Å². The SMILES string of the molecule is CCC(C)N(C)CCN=C1NC2CCCC2CS1. The quantitative estimate of drug-likeness (QED) is 0.831. The maximum atomic E-state index is 4.73. The van der Waals surface area contributed by atoms with Gasteiger partial charge in [-0.1, -0.05) is 25.1 Å². The molecule has 3 nitrogen and oxygen atoms in total. The third kappa shape index (κ3) is 3.64. The van der Waals surface area contributed by atoms with Crippen LogP contribution in [0.25, 0.3) is 0 Å². The van der Waals surface area contributed by atoms with Gasteiger partial charge in [0, 0.05) is 24.4 Å². The van der Waals surface area contributed by atoms with Crippen LogP contribution >= 0.6 is 11.8 Å². The van der Waals surface area contributed by atoms with E-state index in [1.165, 1.54) is 36.6 Å². The Labute approximate surface area is 116 Å². The predicted octanol–water partition coefficient (Wildman–Crippen LogP) is 2.58. The fourth-order valence-corrected chi connectivity index (χ4v) is 3.93. The first kappa shape index (κ1) is 14.2. The Morgan fingerprint density at radius 1 is 1.50 bits per heavy atom. The molecule has 2 aliphatic rings. The smallest absolute Gasteiger partial charge is 0.156 e. The van der Waals surface area contributed by atoms with Crippen molar-refractivity contribution in [1.29, 1.82) is 0 Å². The number of amidine groups is 1. The fourth-order valence-electron chi connectivity index (χ4n) is 2.75. The Bertz CT molecular complexity index is 293. The van der Waals surface area contributed by atoms with Crippen molar-refractivity contribution in [3.63, 3.8) is 0 Å². The Morgan fingerprint density at radius 3 is 3.11 bits per heavy atom. The molecule has 104 valence electrons. The summed E-state index contributed by atoms with van der Waals surface area (Å²) in [5.74, 6) is 2.18. The highest BCUT2D eigenvalue weighted by atomic mass is 32.2. The Balaban J connectivity index is 1.73. The number of hydrogen-bond acceptors (Lipinski definition) is 3. The Kier molecular flexibility index (Phi) is 5.37. The number of aliphatic imine (C=N–C) groups is 1. The molecule has 2 fully saturated rings. The molecule has 18 heavy (non-hydrogen) atoms. The van der Waals surface area contributed by atoms with Gasteiger partial charge in [0.2, 0.25) is 0 Å². The summed E-state index contributed by atoms with van der Waals surface area (Å²) in [6.07, 6.45) is 5.36. The number of rotatable bonds is 5. The fraction of sp³-hybridized carbons (Fsp3) is 0.929. The molecule has 1 saturated carbocycles. The van der Waals surface area contributed by atoms with Gasteiger partial charge in [0.15, 0.2) is 5.17 Å². The van der Waals surface area contributed by atoms with Crippen LogP contribution in [0.3, 0.4) is 0 Å². The van der Waals surface area contributed by atoms with Crippen molar-refractivity contribution in [3.8, 4) is 0 Å². The molecule has 1 N–H and O–H groups in total. The lowest BCUT2D eigenvalue weighted by atomic mass is 10.1. The number of nitrogens with zero attached hydrogens (tertiary/aromatic N) is 2. The first-order valence-corrected chi connectivity index (χ1v) is 8.33. The minimum Gasteiger partial charge on any atom is -0.362 e. The first-order valence-electron chi connectivity index (χ1n) is 7.34. The molecule has 3 atom stereocenters. The predicted molar refractivity (Wildman–Crippen MR) is 81.4 cm³/mol. The number of nitrogens with one attached hydrogen (secondary N) is 1. The molecule has 0 radical (unpaired) electrons. The second-order valence-electron chi connectivity index (χ2n) is 5.68. The molecule has 1 aliphatic carbocycles. The molecule has 1 saturated heterocycles. The molecular weight excluding hydrogens is 242 g/mol.